The van der Waals surface area contributed by atoms with Crippen LogP contribution in [0.1, 0.15) is 25.7 Å². The molecule has 0 aromatic rings. The fourth-order valence-corrected chi connectivity index (χ4v) is 2.29. The van der Waals surface area contributed by atoms with Crippen LogP contribution in [0.25, 0.3) is 0 Å². The van der Waals surface area contributed by atoms with Gasteiger partial charge >= 0.3 is 0 Å². The molecule has 0 aliphatic heterocycles. The molecule has 108 valence electrons. The van der Waals surface area contributed by atoms with Crippen molar-refractivity contribution in [2.24, 2.45) is 5.73 Å². The van der Waals surface area contributed by atoms with E-state index in [1.807, 2.05) is 30.4 Å². The number of carbonyl (C=O) groups excluding carboxylic acids is 2. The third-order valence-corrected chi connectivity index (χ3v) is 3.49. The Balaban J connectivity index is 1.79. The van der Waals surface area contributed by atoms with Gasteiger partial charge in [-0.1, -0.05) is 36.5 Å². The van der Waals surface area contributed by atoms with Crippen LogP contribution in [0, 0.1) is 0 Å². The first-order chi connectivity index (χ1) is 9.66. The van der Waals surface area contributed by atoms with Gasteiger partial charge < -0.3 is 16.4 Å². The van der Waals surface area contributed by atoms with Crippen LogP contribution >= 0.6 is 0 Å². The lowest BCUT2D eigenvalue weighted by molar-refractivity contribution is -0.131. The molecule has 20 heavy (non-hydrogen) atoms. The molecule has 2 aliphatic carbocycles. The van der Waals surface area contributed by atoms with Gasteiger partial charge in [-0.15, -0.1) is 0 Å². The van der Waals surface area contributed by atoms with E-state index in [-0.39, 0.29) is 12.1 Å². The minimum Gasteiger partial charge on any atom is -0.351 e. The van der Waals surface area contributed by atoms with E-state index < -0.39 is 17.9 Å². The molecule has 0 saturated heterocycles. The molecule has 0 aromatic carbocycles. The van der Waals surface area contributed by atoms with Crippen molar-refractivity contribution >= 4 is 11.8 Å². The molecule has 0 heterocycles. The second-order valence-electron chi connectivity index (χ2n) is 5.13. The number of nitrogens with two attached hydrogens (primary N) is 1. The van der Waals surface area contributed by atoms with Crippen LogP contribution in [-0.4, -0.2) is 29.9 Å². The molecule has 0 bridgehead atoms. The van der Waals surface area contributed by atoms with Crippen LogP contribution in [0.3, 0.4) is 0 Å². The highest BCUT2D eigenvalue weighted by atomic mass is 16.2. The summed E-state index contributed by atoms with van der Waals surface area (Å²) >= 11 is 0. The molecule has 4 N–H and O–H groups in total. The van der Waals surface area contributed by atoms with E-state index in [1.54, 1.807) is 0 Å². The summed E-state index contributed by atoms with van der Waals surface area (Å²) < 4.78 is 0. The van der Waals surface area contributed by atoms with Crippen LogP contribution in [-0.2, 0) is 9.59 Å². The van der Waals surface area contributed by atoms with Crippen molar-refractivity contribution in [1.29, 1.82) is 0 Å². The maximum Gasteiger partial charge on any atom is 0.247 e. The summed E-state index contributed by atoms with van der Waals surface area (Å²) in [4.78, 5) is 23.9. The van der Waals surface area contributed by atoms with Gasteiger partial charge in [-0.3, -0.25) is 9.59 Å². The molecule has 2 aliphatic rings. The van der Waals surface area contributed by atoms with Crippen molar-refractivity contribution in [2.45, 2.75) is 43.8 Å². The Morgan fingerprint density at radius 3 is 2.50 bits per heavy atom. The topological polar surface area (TPSA) is 84.2 Å². The van der Waals surface area contributed by atoms with Gasteiger partial charge in [0.05, 0.1) is 6.04 Å². The summed E-state index contributed by atoms with van der Waals surface area (Å²) in [6.45, 7) is 0. The lowest BCUT2D eigenvalue weighted by Gasteiger charge is -2.22. The van der Waals surface area contributed by atoms with E-state index in [2.05, 4.69) is 16.7 Å². The normalized spacial score (nSPS) is 26.1. The van der Waals surface area contributed by atoms with E-state index >= 15 is 0 Å². The fourth-order valence-electron chi connectivity index (χ4n) is 2.29. The minimum absolute atomic E-state index is 0.0797. The highest BCUT2D eigenvalue weighted by Crippen LogP contribution is 2.10. The summed E-state index contributed by atoms with van der Waals surface area (Å²) in [5.74, 6) is -0.836. The molecule has 3 unspecified atom stereocenters. The average Bonchev–Trinajstić information content (AvgIpc) is 2.48. The molecule has 0 spiro atoms. The first-order valence-corrected chi connectivity index (χ1v) is 7.01. The number of amides is 2. The molecule has 0 aromatic heterocycles. The number of carbonyl (C=O) groups is 2. The minimum atomic E-state index is -1.15. The highest BCUT2D eigenvalue weighted by Gasteiger charge is 2.25. The van der Waals surface area contributed by atoms with Crippen molar-refractivity contribution < 1.29 is 9.59 Å². The summed E-state index contributed by atoms with van der Waals surface area (Å²) in [5.41, 5.74) is 5.71. The molecule has 2 amide bonds. The first-order valence-electron chi connectivity index (χ1n) is 7.01. The van der Waals surface area contributed by atoms with Crippen molar-refractivity contribution in [3.8, 4) is 0 Å². The number of rotatable bonds is 4. The molecular formula is C15H21N3O2. The summed E-state index contributed by atoms with van der Waals surface area (Å²) in [6, 6.07) is -1.15. The highest BCUT2D eigenvalue weighted by molar-refractivity contribution is 6.04. The second-order valence-corrected chi connectivity index (χ2v) is 5.13. The monoisotopic (exact) mass is 275 g/mol. The Morgan fingerprint density at radius 2 is 1.85 bits per heavy atom. The third kappa shape index (κ3) is 4.06. The smallest absolute Gasteiger partial charge is 0.247 e. The van der Waals surface area contributed by atoms with Crippen LogP contribution < -0.4 is 16.4 Å². The second kappa shape index (κ2) is 7.05. The van der Waals surface area contributed by atoms with Crippen LogP contribution in [0.4, 0.5) is 0 Å². The first kappa shape index (κ1) is 14.5. The number of allylic oxidation sites excluding steroid dienone is 3. The van der Waals surface area contributed by atoms with E-state index in [4.69, 9.17) is 5.73 Å². The van der Waals surface area contributed by atoms with Crippen molar-refractivity contribution in [3.63, 3.8) is 0 Å². The summed E-state index contributed by atoms with van der Waals surface area (Å²) in [5, 5.41) is 5.59. The lowest BCUT2D eigenvalue weighted by atomic mass is 10.0. The number of hydrogen-bond donors (Lipinski definition) is 3. The molecule has 5 heteroatoms. The summed E-state index contributed by atoms with van der Waals surface area (Å²) in [6.07, 6.45) is 15.1. The Bertz CT molecular complexity index is 454. The number of hydrogen-bond acceptors (Lipinski definition) is 3. The Morgan fingerprint density at radius 1 is 1.05 bits per heavy atom. The van der Waals surface area contributed by atoms with E-state index in [0.29, 0.717) is 0 Å². The van der Waals surface area contributed by atoms with Crippen LogP contribution in [0.5, 0.6) is 0 Å². The van der Waals surface area contributed by atoms with Crippen molar-refractivity contribution in [2.75, 3.05) is 0 Å². The molecule has 0 fully saturated rings. The van der Waals surface area contributed by atoms with Gasteiger partial charge in [-0.05, 0) is 25.7 Å². The van der Waals surface area contributed by atoms with Crippen LogP contribution in [0.15, 0.2) is 36.5 Å². The molecule has 0 radical (unpaired) electrons. The Hall–Kier alpha value is -1.88. The van der Waals surface area contributed by atoms with E-state index in [9.17, 15) is 9.59 Å². The molecular weight excluding hydrogens is 254 g/mol. The molecule has 0 saturated carbocycles. The van der Waals surface area contributed by atoms with Crippen molar-refractivity contribution in [1.82, 2.24) is 10.6 Å². The average molecular weight is 275 g/mol. The van der Waals surface area contributed by atoms with E-state index in [0.717, 1.165) is 25.7 Å². The quantitative estimate of drug-likeness (QED) is 0.517. The van der Waals surface area contributed by atoms with Gasteiger partial charge in [0.2, 0.25) is 11.8 Å². The zero-order valence-corrected chi connectivity index (χ0v) is 11.4. The lowest BCUT2D eigenvalue weighted by Crippen LogP contribution is -2.54. The van der Waals surface area contributed by atoms with Gasteiger partial charge in [-0.25, -0.2) is 0 Å². The SMILES string of the molecule is NC(C(=O)NC1C=CC=CC1)C(=O)NC1CC=CCC1. The maximum atomic E-state index is 11.9. The third-order valence-electron chi connectivity index (χ3n) is 3.49. The number of nitrogens with one attached hydrogen (secondary N) is 2. The van der Waals surface area contributed by atoms with Gasteiger partial charge in [-0.2, -0.15) is 0 Å². The standard InChI is InChI=1S/C15H21N3O2/c16-13(14(19)17-11-7-3-1-4-8-11)15(20)18-12-9-5-2-6-10-12/h1-5,7,11-13H,6,8-10,16H2,(H,17,19)(H,18,20). The molecule has 3 atom stereocenters. The van der Waals surface area contributed by atoms with Crippen molar-refractivity contribution in [3.05, 3.63) is 36.5 Å². The van der Waals surface area contributed by atoms with Gasteiger partial charge in [0.25, 0.3) is 0 Å². The zero-order chi connectivity index (χ0) is 14.4. The molecule has 5 nitrogen and oxygen atoms in total. The molecule has 2 rings (SSSR count). The Kier molecular flexibility index (Phi) is 5.12. The fraction of sp³-hybridized carbons (Fsp3) is 0.467. The van der Waals surface area contributed by atoms with E-state index in [1.165, 1.54) is 0 Å². The van der Waals surface area contributed by atoms with Gasteiger partial charge in [0.1, 0.15) is 0 Å². The predicted octanol–water partition coefficient (Wildman–Crippen LogP) is 0.539. The predicted molar refractivity (Wildman–Crippen MR) is 77.7 cm³/mol. The largest absolute Gasteiger partial charge is 0.351 e. The zero-order valence-electron chi connectivity index (χ0n) is 11.4. The van der Waals surface area contributed by atoms with Crippen LogP contribution in [0.2, 0.25) is 0 Å². The summed E-state index contributed by atoms with van der Waals surface area (Å²) in [7, 11) is 0. The van der Waals surface area contributed by atoms with Gasteiger partial charge in [0, 0.05) is 6.04 Å². The van der Waals surface area contributed by atoms with Gasteiger partial charge in [0.15, 0.2) is 6.04 Å². The maximum absolute atomic E-state index is 11.9. The Labute approximate surface area is 119 Å².